The highest BCUT2D eigenvalue weighted by Gasteiger charge is 2.18. The lowest BCUT2D eigenvalue weighted by molar-refractivity contribution is 0.101. The number of aromatic nitrogens is 3. The molecule has 0 atom stereocenters. The third-order valence-corrected chi connectivity index (χ3v) is 3.30. The van der Waals surface area contributed by atoms with Crippen molar-refractivity contribution in [2.45, 2.75) is 13.8 Å². The number of rotatable bonds is 2. The van der Waals surface area contributed by atoms with Gasteiger partial charge in [0.1, 0.15) is 5.76 Å². The van der Waals surface area contributed by atoms with Crippen LogP contribution in [0.5, 0.6) is 0 Å². The number of aryl methyl sites for hydroxylation is 3. The van der Waals surface area contributed by atoms with Crippen LogP contribution in [0.3, 0.4) is 0 Å². The Morgan fingerprint density at radius 3 is 2.73 bits per heavy atom. The van der Waals surface area contributed by atoms with Crippen molar-refractivity contribution in [3.63, 3.8) is 0 Å². The summed E-state index contributed by atoms with van der Waals surface area (Å²) < 4.78 is 6.39. The number of carbonyl (C=O) groups excluding carboxylic acids is 1. The molecule has 1 aromatic carbocycles. The van der Waals surface area contributed by atoms with E-state index in [0.717, 1.165) is 5.56 Å². The number of amides is 1. The molecular formula is C15H14N4O3. The molecule has 0 bridgehead atoms. The van der Waals surface area contributed by atoms with E-state index >= 15 is 0 Å². The fraction of sp³-hybridized carbons (Fsp3) is 0.200. The van der Waals surface area contributed by atoms with Gasteiger partial charge in [0.2, 0.25) is 5.43 Å². The van der Waals surface area contributed by atoms with E-state index in [9.17, 15) is 9.59 Å². The standard InChI is InChI=1S/C15H14N4O3/c1-8-4-5-11-10(6-8)14(20)13(17-19(11)3)15(21)16-12-7-9(2)22-18-12/h4-7H,1-3H3,(H,16,18,21). The van der Waals surface area contributed by atoms with Gasteiger partial charge in [-0.05, 0) is 26.0 Å². The largest absolute Gasteiger partial charge is 0.360 e. The molecule has 0 saturated heterocycles. The number of hydrogen-bond acceptors (Lipinski definition) is 5. The Kier molecular flexibility index (Phi) is 3.25. The number of carbonyl (C=O) groups is 1. The van der Waals surface area contributed by atoms with Crippen LogP contribution in [0.4, 0.5) is 5.82 Å². The van der Waals surface area contributed by atoms with Crippen LogP contribution < -0.4 is 10.7 Å². The number of benzene rings is 1. The van der Waals surface area contributed by atoms with Gasteiger partial charge in [0, 0.05) is 13.1 Å². The molecule has 2 aromatic heterocycles. The summed E-state index contributed by atoms with van der Waals surface area (Å²) in [6.07, 6.45) is 0. The summed E-state index contributed by atoms with van der Waals surface area (Å²) in [6.45, 7) is 3.59. The third kappa shape index (κ3) is 2.37. The summed E-state index contributed by atoms with van der Waals surface area (Å²) in [4.78, 5) is 24.7. The lowest BCUT2D eigenvalue weighted by Crippen LogP contribution is -2.26. The van der Waals surface area contributed by atoms with Crippen molar-refractivity contribution in [3.05, 3.63) is 51.5 Å². The molecule has 0 fully saturated rings. The van der Waals surface area contributed by atoms with Gasteiger partial charge in [-0.25, -0.2) is 0 Å². The molecule has 1 N–H and O–H groups in total. The summed E-state index contributed by atoms with van der Waals surface area (Å²) >= 11 is 0. The molecule has 0 aliphatic heterocycles. The van der Waals surface area contributed by atoms with Crippen molar-refractivity contribution >= 4 is 22.6 Å². The average molecular weight is 298 g/mol. The molecule has 0 aliphatic carbocycles. The van der Waals surface area contributed by atoms with Crippen molar-refractivity contribution in [1.29, 1.82) is 0 Å². The van der Waals surface area contributed by atoms with Gasteiger partial charge >= 0.3 is 0 Å². The van der Waals surface area contributed by atoms with E-state index in [1.165, 1.54) is 4.68 Å². The molecular weight excluding hydrogens is 284 g/mol. The minimum atomic E-state index is -0.614. The van der Waals surface area contributed by atoms with Crippen LogP contribution in [-0.4, -0.2) is 20.8 Å². The SMILES string of the molecule is Cc1ccc2c(c1)c(=O)c(C(=O)Nc1cc(C)on1)nn2C. The zero-order valence-electron chi connectivity index (χ0n) is 12.4. The second-order valence-electron chi connectivity index (χ2n) is 5.10. The summed E-state index contributed by atoms with van der Waals surface area (Å²) in [5, 5.41) is 10.7. The first-order valence-electron chi connectivity index (χ1n) is 6.68. The molecule has 0 radical (unpaired) electrons. The van der Waals surface area contributed by atoms with Crippen LogP contribution in [0, 0.1) is 13.8 Å². The van der Waals surface area contributed by atoms with Crippen LogP contribution >= 0.6 is 0 Å². The van der Waals surface area contributed by atoms with Crippen molar-refractivity contribution in [1.82, 2.24) is 14.9 Å². The highest BCUT2D eigenvalue weighted by Crippen LogP contribution is 2.12. The lowest BCUT2D eigenvalue weighted by atomic mass is 10.1. The van der Waals surface area contributed by atoms with Crippen LogP contribution in [0.2, 0.25) is 0 Å². The Labute approximate surface area is 125 Å². The zero-order chi connectivity index (χ0) is 15.9. The Hall–Kier alpha value is -2.96. The monoisotopic (exact) mass is 298 g/mol. The fourth-order valence-electron chi connectivity index (χ4n) is 2.24. The molecule has 0 unspecified atom stereocenters. The van der Waals surface area contributed by atoms with E-state index in [1.807, 2.05) is 19.1 Å². The minimum absolute atomic E-state index is 0.179. The highest BCUT2D eigenvalue weighted by molar-refractivity contribution is 6.03. The topological polar surface area (TPSA) is 90.0 Å². The molecule has 22 heavy (non-hydrogen) atoms. The highest BCUT2D eigenvalue weighted by atomic mass is 16.5. The maximum absolute atomic E-state index is 12.5. The first kappa shape index (κ1) is 14.0. The minimum Gasteiger partial charge on any atom is -0.360 e. The first-order valence-corrected chi connectivity index (χ1v) is 6.68. The van der Waals surface area contributed by atoms with Gasteiger partial charge in [-0.15, -0.1) is 0 Å². The van der Waals surface area contributed by atoms with Gasteiger partial charge in [-0.1, -0.05) is 16.8 Å². The molecule has 0 saturated carbocycles. The van der Waals surface area contributed by atoms with Crippen molar-refractivity contribution in [2.24, 2.45) is 7.05 Å². The fourth-order valence-corrected chi connectivity index (χ4v) is 2.24. The van der Waals surface area contributed by atoms with Gasteiger partial charge in [0.05, 0.1) is 10.9 Å². The smallest absolute Gasteiger partial charge is 0.281 e. The van der Waals surface area contributed by atoms with Gasteiger partial charge in [0.25, 0.3) is 5.91 Å². The molecule has 2 heterocycles. The number of fused-ring (bicyclic) bond motifs is 1. The molecule has 3 rings (SSSR count). The first-order chi connectivity index (χ1) is 10.5. The number of anilines is 1. The summed E-state index contributed by atoms with van der Waals surface area (Å²) in [5.74, 6) is 0.193. The van der Waals surface area contributed by atoms with E-state index in [4.69, 9.17) is 4.52 Å². The molecule has 0 aliphatic rings. The summed E-state index contributed by atoms with van der Waals surface area (Å²) in [5.41, 5.74) is 1.02. The zero-order valence-corrected chi connectivity index (χ0v) is 12.4. The van der Waals surface area contributed by atoms with E-state index in [-0.39, 0.29) is 11.5 Å². The van der Waals surface area contributed by atoms with E-state index in [2.05, 4.69) is 15.6 Å². The Morgan fingerprint density at radius 1 is 1.27 bits per heavy atom. The van der Waals surface area contributed by atoms with Crippen LogP contribution in [0.15, 0.2) is 33.6 Å². The van der Waals surface area contributed by atoms with Crippen LogP contribution in [-0.2, 0) is 7.05 Å². The number of nitrogens with one attached hydrogen (secondary N) is 1. The normalized spacial score (nSPS) is 10.9. The molecule has 7 heteroatoms. The quantitative estimate of drug-likeness (QED) is 0.779. The van der Waals surface area contributed by atoms with E-state index < -0.39 is 11.3 Å². The molecule has 3 aromatic rings. The second-order valence-corrected chi connectivity index (χ2v) is 5.10. The van der Waals surface area contributed by atoms with Gasteiger partial charge in [-0.2, -0.15) is 5.10 Å². The molecule has 0 spiro atoms. The van der Waals surface area contributed by atoms with Gasteiger partial charge in [-0.3, -0.25) is 14.3 Å². The molecule has 7 nitrogen and oxygen atoms in total. The molecule has 1 amide bonds. The predicted octanol–water partition coefficient (Wildman–Crippen LogP) is 1.79. The van der Waals surface area contributed by atoms with Gasteiger partial charge in [0.15, 0.2) is 11.5 Å². The Morgan fingerprint density at radius 2 is 2.05 bits per heavy atom. The van der Waals surface area contributed by atoms with Crippen molar-refractivity contribution < 1.29 is 9.32 Å². The number of hydrogen-bond donors (Lipinski definition) is 1. The van der Waals surface area contributed by atoms with E-state index in [1.54, 1.807) is 26.1 Å². The summed E-state index contributed by atoms with van der Waals surface area (Å²) in [7, 11) is 1.69. The maximum Gasteiger partial charge on any atom is 0.281 e. The average Bonchev–Trinajstić information content (AvgIpc) is 2.87. The lowest BCUT2D eigenvalue weighted by Gasteiger charge is -2.08. The van der Waals surface area contributed by atoms with E-state index in [0.29, 0.717) is 16.7 Å². The summed E-state index contributed by atoms with van der Waals surface area (Å²) in [6, 6.07) is 7.01. The third-order valence-electron chi connectivity index (χ3n) is 3.30. The Balaban J connectivity index is 2.09. The second kappa shape index (κ2) is 5.10. The number of nitrogens with zero attached hydrogens (tertiary/aromatic N) is 3. The molecule has 112 valence electrons. The Bertz CT molecular complexity index is 940. The van der Waals surface area contributed by atoms with Crippen molar-refractivity contribution in [2.75, 3.05) is 5.32 Å². The maximum atomic E-state index is 12.5. The predicted molar refractivity (Wildman–Crippen MR) is 80.9 cm³/mol. The van der Waals surface area contributed by atoms with Crippen LogP contribution in [0.25, 0.3) is 10.9 Å². The van der Waals surface area contributed by atoms with Crippen LogP contribution in [0.1, 0.15) is 21.8 Å². The van der Waals surface area contributed by atoms with Crippen molar-refractivity contribution in [3.8, 4) is 0 Å². The van der Waals surface area contributed by atoms with Gasteiger partial charge < -0.3 is 9.84 Å².